The third kappa shape index (κ3) is 3.15. The molecule has 13 heavy (non-hydrogen) atoms. The van der Waals surface area contributed by atoms with Gasteiger partial charge in [-0.1, -0.05) is 26.0 Å². The lowest BCUT2D eigenvalue weighted by molar-refractivity contribution is 0.171. The van der Waals surface area contributed by atoms with E-state index in [4.69, 9.17) is 0 Å². The topological polar surface area (TPSA) is 12.0 Å². The molecule has 1 aliphatic carbocycles. The molecule has 0 aromatic heterocycles. The van der Waals surface area contributed by atoms with Gasteiger partial charge in [0.15, 0.2) is 0 Å². The fourth-order valence-corrected chi connectivity index (χ4v) is 2.02. The minimum atomic E-state index is 0.934. The Morgan fingerprint density at radius 2 is 2.00 bits per heavy atom. The van der Waals surface area contributed by atoms with Crippen molar-refractivity contribution in [1.29, 1.82) is 0 Å². The molecule has 1 fully saturated rings. The molecule has 0 aromatic rings. The van der Waals surface area contributed by atoms with E-state index >= 15 is 0 Å². The van der Waals surface area contributed by atoms with Crippen LogP contribution in [-0.4, -0.2) is 13.1 Å². The van der Waals surface area contributed by atoms with Gasteiger partial charge in [0.25, 0.3) is 0 Å². The van der Waals surface area contributed by atoms with E-state index in [1.807, 2.05) is 0 Å². The highest BCUT2D eigenvalue weighted by Crippen LogP contribution is 2.38. The van der Waals surface area contributed by atoms with Gasteiger partial charge in [-0.2, -0.15) is 0 Å². The maximum absolute atomic E-state index is 4.09. The van der Waals surface area contributed by atoms with Gasteiger partial charge in [0.05, 0.1) is 0 Å². The van der Waals surface area contributed by atoms with Crippen LogP contribution < -0.4 is 5.32 Å². The van der Waals surface area contributed by atoms with Crippen molar-refractivity contribution in [3.05, 3.63) is 12.2 Å². The number of rotatable bonds is 6. The number of hydrogen-bond acceptors (Lipinski definition) is 1. The fraction of sp³-hybridized carbons (Fsp3) is 0.833. The van der Waals surface area contributed by atoms with Gasteiger partial charge in [0.1, 0.15) is 0 Å². The molecule has 1 N–H and O–H groups in total. The van der Waals surface area contributed by atoms with Crippen molar-refractivity contribution in [2.75, 3.05) is 13.1 Å². The minimum Gasteiger partial charge on any atom is -0.317 e. The van der Waals surface area contributed by atoms with E-state index in [1.54, 1.807) is 0 Å². The zero-order valence-corrected chi connectivity index (χ0v) is 9.10. The standard InChI is InChI=1S/C12H23N/c1-4-10(3)8-11-6-7-12(11)9-13-5-2/h11-13H,3-9H2,1-2H3. The smallest absolute Gasteiger partial charge is 0.00179 e. The normalized spacial score (nSPS) is 26.9. The van der Waals surface area contributed by atoms with E-state index in [9.17, 15) is 0 Å². The Hall–Kier alpha value is -0.300. The van der Waals surface area contributed by atoms with E-state index in [1.165, 1.54) is 31.4 Å². The molecule has 0 saturated heterocycles. The summed E-state index contributed by atoms with van der Waals surface area (Å²) in [5.74, 6) is 1.87. The maximum Gasteiger partial charge on any atom is -0.00179 e. The largest absolute Gasteiger partial charge is 0.317 e. The molecule has 1 nitrogen and oxygen atoms in total. The highest BCUT2D eigenvalue weighted by molar-refractivity contribution is 4.98. The van der Waals surface area contributed by atoms with Crippen LogP contribution >= 0.6 is 0 Å². The first-order valence-electron chi connectivity index (χ1n) is 5.65. The molecule has 0 amide bonds. The Morgan fingerprint density at radius 1 is 1.31 bits per heavy atom. The van der Waals surface area contributed by atoms with Crippen molar-refractivity contribution in [1.82, 2.24) is 5.32 Å². The summed E-state index contributed by atoms with van der Waals surface area (Å²) in [7, 11) is 0. The molecule has 76 valence electrons. The minimum absolute atomic E-state index is 0.934. The Labute approximate surface area is 82.6 Å². The quantitative estimate of drug-likeness (QED) is 0.621. The van der Waals surface area contributed by atoms with Crippen molar-refractivity contribution < 1.29 is 0 Å². The van der Waals surface area contributed by atoms with Gasteiger partial charge >= 0.3 is 0 Å². The van der Waals surface area contributed by atoms with Gasteiger partial charge in [-0.25, -0.2) is 0 Å². The average Bonchev–Trinajstić information content (AvgIpc) is 2.12. The molecule has 0 heterocycles. The lowest BCUT2D eigenvalue weighted by atomic mass is 9.70. The van der Waals surface area contributed by atoms with Gasteiger partial charge in [-0.05, 0) is 50.6 Å². The van der Waals surface area contributed by atoms with Gasteiger partial charge in [-0.3, -0.25) is 0 Å². The molecule has 0 radical (unpaired) electrons. The molecule has 1 aliphatic rings. The molecule has 2 unspecified atom stereocenters. The zero-order chi connectivity index (χ0) is 9.68. The SMILES string of the molecule is C=C(CC)CC1CCC1CNCC. The molecular formula is C12H23N. The second-order valence-electron chi connectivity index (χ2n) is 4.21. The summed E-state index contributed by atoms with van der Waals surface area (Å²) in [4.78, 5) is 0. The molecule has 0 aliphatic heterocycles. The monoisotopic (exact) mass is 181 g/mol. The Balaban J connectivity index is 2.16. The molecule has 1 rings (SSSR count). The Kier molecular flexibility index (Phi) is 4.51. The second kappa shape index (κ2) is 5.43. The van der Waals surface area contributed by atoms with Crippen molar-refractivity contribution in [3.8, 4) is 0 Å². The predicted molar refractivity (Wildman–Crippen MR) is 58.8 cm³/mol. The molecule has 2 atom stereocenters. The van der Waals surface area contributed by atoms with Gasteiger partial charge < -0.3 is 5.32 Å². The summed E-state index contributed by atoms with van der Waals surface area (Å²) in [6, 6.07) is 0. The van der Waals surface area contributed by atoms with Gasteiger partial charge in [0.2, 0.25) is 0 Å². The van der Waals surface area contributed by atoms with Crippen LogP contribution in [0.4, 0.5) is 0 Å². The summed E-state index contributed by atoms with van der Waals surface area (Å²) >= 11 is 0. The number of hydrogen-bond donors (Lipinski definition) is 1. The van der Waals surface area contributed by atoms with Crippen LogP contribution in [-0.2, 0) is 0 Å². The lowest BCUT2D eigenvalue weighted by Gasteiger charge is -2.37. The van der Waals surface area contributed by atoms with Crippen LogP contribution in [0.3, 0.4) is 0 Å². The van der Waals surface area contributed by atoms with Crippen LogP contribution in [0.1, 0.15) is 39.5 Å². The first kappa shape index (κ1) is 10.8. The Morgan fingerprint density at radius 3 is 2.46 bits per heavy atom. The number of allylic oxidation sites excluding steroid dienone is 1. The maximum atomic E-state index is 4.09. The summed E-state index contributed by atoms with van der Waals surface area (Å²) in [6.07, 6.45) is 5.28. The first-order chi connectivity index (χ1) is 6.27. The first-order valence-corrected chi connectivity index (χ1v) is 5.65. The van der Waals surface area contributed by atoms with Crippen LogP contribution in [0.25, 0.3) is 0 Å². The molecule has 0 bridgehead atoms. The predicted octanol–water partition coefficient (Wildman–Crippen LogP) is 2.98. The third-order valence-corrected chi connectivity index (χ3v) is 3.28. The van der Waals surface area contributed by atoms with E-state index in [0.717, 1.165) is 24.8 Å². The van der Waals surface area contributed by atoms with Crippen molar-refractivity contribution in [3.63, 3.8) is 0 Å². The van der Waals surface area contributed by atoms with Gasteiger partial charge in [-0.15, -0.1) is 0 Å². The molecular weight excluding hydrogens is 158 g/mol. The summed E-state index contributed by atoms with van der Waals surface area (Å²) in [5, 5.41) is 3.44. The summed E-state index contributed by atoms with van der Waals surface area (Å²) < 4.78 is 0. The van der Waals surface area contributed by atoms with Crippen LogP contribution in [0.5, 0.6) is 0 Å². The molecule has 0 spiro atoms. The molecule has 1 saturated carbocycles. The van der Waals surface area contributed by atoms with E-state index < -0.39 is 0 Å². The number of nitrogens with one attached hydrogen (secondary N) is 1. The van der Waals surface area contributed by atoms with Crippen molar-refractivity contribution >= 4 is 0 Å². The van der Waals surface area contributed by atoms with Crippen LogP contribution in [0.2, 0.25) is 0 Å². The zero-order valence-electron chi connectivity index (χ0n) is 9.10. The van der Waals surface area contributed by atoms with E-state index in [2.05, 4.69) is 25.7 Å². The highest BCUT2D eigenvalue weighted by Gasteiger charge is 2.29. The fourth-order valence-electron chi connectivity index (χ4n) is 2.02. The summed E-state index contributed by atoms with van der Waals surface area (Å²) in [6.45, 7) is 10.8. The van der Waals surface area contributed by atoms with Crippen molar-refractivity contribution in [2.45, 2.75) is 39.5 Å². The van der Waals surface area contributed by atoms with E-state index in [-0.39, 0.29) is 0 Å². The van der Waals surface area contributed by atoms with Crippen LogP contribution in [0.15, 0.2) is 12.2 Å². The van der Waals surface area contributed by atoms with Crippen LogP contribution in [0, 0.1) is 11.8 Å². The average molecular weight is 181 g/mol. The second-order valence-corrected chi connectivity index (χ2v) is 4.21. The molecule has 0 aromatic carbocycles. The summed E-state index contributed by atoms with van der Waals surface area (Å²) in [5.41, 5.74) is 1.44. The van der Waals surface area contributed by atoms with Crippen molar-refractivity contribution in [2.24, 2.45) is 11.8 Å². The molecule has 1 heteroatoms. The third-order valence-electron chi connectivity index (χ3n) is 3.28. The Bertz CT molecular complexity index is 163. The van der Waals surface area contributed by atoms with Gasteiger partial charge in [0, 0.05) is 0 Å². The lowest BCUT2D eigenvalue weighted by Crippen LogP contribution is -2.35. The highest BCUT2D eigenvalue weighted by atomic mass is 14.9. The van der Waals surface area contributed by atoms with E-state index in [0.29, 0.717) is 0 Å².